The molecule has 17 heavy (non-hydrogen) atoms. The quantitative estimate of drug-likeness (QED) is 0.883. The molecule has 0 unspecified atom stereocenters. The molecule has 6 heteroatoms. The maximum atomic E-state index is 5.26. The van der Waals surface area contributed by atoms with Gasteiger partial charge in [-0.15, -0.1) is 0 Å². The number of likely N-dealkylation sites (N-methyl/N-ethyl adjacent to an activating group) is 1. The van der Waals surface area contributed by atoms with Gasteiger partial charge in [0.25, 0.3) is 0 Å². The highest BCUT2D eigenvalue weighted by Gasteiger charge is 2.23. The van der Waals surface area contributed by atoms with E-state index < -0.39 is 0 Å². The van der Waals surface area contributed by atoms with E-state index in [2.05, 4.69) is 27.4 Å². The first-order valence-corrected chi connectivity index (χ1v) is 6.53. The van der Waals surface area contributed by atoms with Crippen molar-refractivity contribution in [3.8, 4) is 11.4 Å². The standard InChI is InChI=1S/C11H14N4OS/c1-15(9-4-12-5-9)6-10-13-11(14-16-10)8-2-3-17-7-8/h2-3,7,9,12H,4-6H2,1H3. The van der Waals surface area contributed by atoms with Crippen molar-refractivity contribution in [3.05, 3.63) is 22.7 Å². The third-order valence-electron chi connectivity index (χ3n) is 3.02. The van der Waals surface area contributed by atoms with Gasteiger partial charge < -0.3 is 9.84 Å². The fourth-order valence-electron chi connectivity index (χ4n) is 1.76. The van der Waals surface area contributed by atoms with Gasteiger partial charge in [0.2, 0.25) is 11.7 Å². The molecule has 0 atom stereocenters. The first-order valence-electron chi connectivity index (χ1n) is 5.59. The Labute approximate surface area is 103 Å². The number of rotatable bonds is 4. The van der Waals surface area contributed by atoms with Crippen molar-refractivity contribution >= 4 is 11.3 Å². The van der Waals surface area contributed by atoms with Gasteiger partial charge in [0, 0.05) is 30.1 Å². The summed E-state index contributed by atoms with van der Waals surface area (Å²) in [7, 11) is 2.08. The molecule has 2 aromatic rings. The summed E-state index contributed by atoms with van der Waals surface area (Å²) in [6.07, 6.45) is 0. The molecule has 1 saturated heterocycles. The third kappa shape index (κ3) is 2.24. The molecule has 1 N–H and O–H groups in total. The van der Waals surface area contributed by atoms with Gasteiger partial charge in [-0.05, 0) is 18.5 Å². The van der Waals surface area contributed by atoms with Crippen molar-refractivity contribution in [2.24, 2.45) is 0 Å². The maximum Gasteiger partial charge on any atom is 0.241 e. The topological polar surface area (TPSA) is 54.2 Å². The van der Waals surface area contributed by atoms with Gasteiger partial charge in [0.05, 0.1) is 6.54 Å². The Balaban J connectivity index is 1.68. The Morgan fingerprint density at radius 2 is 2.47 bits per heavy atom. The summed E-state index contributed by atoms with van der Waals surface area (Å²) < 4.78 is 5.26. The minimum Gasteiger partial charge on any atom is -0.338 e. The fourth-order valence-corrected chi connectivity index (χ4v) is 2.39. The second-order valence-electron chi connectivity index (χ2n) is 4.25. The molecule has 0 aromatic carbocycles. The molecule has 0 radical (unpaired) electrons. The van der Waals surface area contributed by atoms with Crippen LogP contribution in [0.2, 0.25) is 0 Å². The number of nitrogens with one attached hydrogen (secondary N) is 1. The predicted octanol–water partition coefficient (Wildman–Crippen LogP) is 1.20. The van der Waals surface area contributed by atoms with E-state index in [9.17, 15) is 0 Å². The largest absolute Gasteiger partial charge is 0.338 e. The van der Waals surface area contributed by atoms with Crippen LogP contribution in [0.25, 0.3) is 11.4 Å². The average molecular weight is 250 g/mol. The van der Waals surface area contributed by atoms with Crippen molar-refractivity contribution in [2.75, 3.05) is 20.1 Å². The molecule has 0 amide bonds. The van der Waals surface area contributed by atoms with Crippen LogP contribution in [0.3, 0.4) is 0 Å². The second-order valence-corrected chi connectivity index (χ2v) is 5.03. The van der Waals surface area contributed by atoms with E-state index in [0.29, 0.717) is 24.3 Å². The molecule has 2 aromatic heterocycles. The van der Waals surface area contributed by atoms with E-state index in [1.165, 1.54) is 0 Å². The SMILES string of the molecule is CN(Cc1nc(-c2ccsc2)no1)C1CNC1. The summed E-state index contributed by atoms with van der Waals surface area (Å²) in [6, 6.07) is 2.59. The van der Waals surface area contributed by atoms with Crippen molar-refractivity contribution in [1.29, 1.82) is 0 Å². The van der Waals surface area contributed by atoms with Gasteiger partial charge in [-0.3, -0.25) is 4.90 Å². The van der Waals surface area contributed by atoms with Crippen LogP contribution in [0.4, 0.5) is 0 Å². The minimum atomic E-state index is 0.589. The number of nitrogens with zero attached hydrogens (tertiary/aromatic N) is 3. The minimum absolute atomic E-state index is 0.589. The summed E-state index contributed by atoms with van der Waals surface area (Å²) >= 11 is 1.63. The van der Waals surface area contributed by atoms with Crippen LogP contribution in [0.5, 0.6) is 0 Å². The van der Waals surface area contributed by atoms with E-state index >= 15 is 0 Å². The van der Waals surface area contributed by atoms with Gasteiger partial charge in [-0.1, -0.05) is 5.16 Å². The molecule has 1 aliphatic rings. The van der Waals surface area contributed by atoms with Gasteiger partial charge in [-0.25, -0.2) is 0 Å². The van der Waals surface area contributed by atoms with Crippen LogP contribution >= 0.6 is 11.3 Å². The lowest BCUT2D eigenvalue weighted by Gasteiger charge is -2.34. The van der Waals surface area contributed by atoms with E-state index in [0.717, 1.165) is 18.7 Å². The molecule has 3 rings (SSSR count). The van der Waals surface area contributed by atoms with Crippen molar-refractivity contribution in [3.63, 3.8) is 0 Å². The molecule has 0 aliphatic carbocycles. The molecule has 3 heterocycles. The van der Waals surface area contributed by atoms with Crippen molar-refractivity contribution in [2.45, 2.75) is 12.6 Å². The number of hydrogen-bond donors (Lipinski definition) is 1. The number of hydrogen-bond acceptors (Lipinski definition) is 6. The van der Waals surface area contributed by atoms with Gasteiger partial charge in [0.15, 0.2) is 0 Å². The van der Waals surface area contributed by atoms with Crippen molar-refractivity contribution in [1.82, 2.24) is 20.4 Å². The molecule has 1 aliphatic heterocycles. The Morgan fingerprint density at radius 3 is 3.12 bits per heavy atom. The molecule has 90 valence electrons. The van der Waals surface area contributed by atoms with Crippen LogP contribution in [-0.2, 0) is 6.54 Å². The average Bonchev–Trinajstić information content (AvgIpc) is 2.82. The van der Waals surface area contributed by atoms with Gasteiger partial charge >= 0.3 is 0 Å². The molecule has 0 saturated carbocycles. The number of aromatic nitrogens is 2. The zero-order valence-electron chi connectivity index (χ0n) is 9.59. The van der Waals surface area contributed by atoms with Crippen LogP contribution < -0.4 is 5.32 Å². The Kier molecular flexibility index (Phi) is 2.92. The smallest absolute Gasteiger partial charge is 0.241 e. The van der Waals surface area contributed by atoms with Crippen molar-refractivity contribution < 1.29 is 4.52 Å². The molecule has 0 bridgehead atoms. The van der Waals surface area contributed by atoms with Gasteiger partial charge in [0.1, 0.15) is 0 Å². The summed E-state index contributed by atoms with van der Waals surface area (Å²) in [5, 5.41) is 11.3. The lowest BCUT2D eigenvalue weighted by molar-refractivity contribution is 0.155. The number of thiophene rings is 1. The van der Waals surface area contributed by atoms with E-state index in [-0.39, 0.29) is 0 Å². The van der Waals surface area contributed by atoms with Crippen LogP contribution in [0.1, 0.15) is 5.89 Å². The van der Waals surface area contributed by atoms with E-state index in [1.54, 1.807) is 11.3 Å². The normalized spacial score (nSPS) is 16.4. The zero-order valence-corrected chi connectivity index (χ0v) is 10.4. The summed E-state index contributed by atoms with van der Waals surface area (Å²) in [6.45, 7) is 2.80. The summed E-state index contributed by atoms with van der Waals surface area (Å²) in [4.78, 5) is 6.64. The zero-order chi connectivity index (χ0) is 11.7. The highest BCUT2D eigenvalue weighted by Crippen LogP contribution is 2.19. The van der Waals surface area contributed by atoms with E-state index in [1.807, 2.05) is 16.8 Å². The first-order chi connectivity index (χ1) is 8.33. The predicted molar refractivity (Wildman–Crippen MR) is 65.7 cm³/mol. The first kappa shape index (κ1) is 10.9. The Morgan fingerprint density at radius 1 is 1.59 bits per heavy atom. The van der Waals surface area contributed by atoms with Crippen LogP contribution in [0, 0.1) is 0 Å². The molecule has 5 nitrogen and oxygen atoms in total. The summed E-state index contributed by atoms with van der Waals surface area (Å²) in [5.41, 5.74) is 1.03. The molecule has 1 fully saturated rings. The highest BCUT2D eigenvalue weighted by atomic mass is 32.1. The fraction of sp³-hybridized carbons (Fsp3) is 0.455. The van der Waals surface area contributed by atoms with E-state index in [4.69, 9.17) is 4.52 Å². The lowest BCUT2D eigenvalue weighted by Crippen LogP contribution is -2.55. The van der Waals surface area contributed by atoms with Crippen LogP contribution in [-0.4, -0.2) is 41.2 Å². The highest BCUT2D eigenvalue weighted by molar-refractivity contribution is 7.08. The lowest BCUT2D eigenvalue weighted by atomic mass is 10.1. The third-order valence-corrected chi connectivity index (χ3v) is 3.70. The molecule has 0 spiro atoms. The molecular weight excluding hydrogens is 236 g/mol. The second kappa shape index (κ2) is 4.56. The maximum absolute atomic E-state index is 5.26. The monoisotopic (exact) mass is 250 g/mol. The van der Waals surface area contributed by atoms with Crippen LogP contribution in [0.15, 0.2) is 21.3 Å². The Hall–Kier alpha value is -1.24. The molecular formula is C11H14N4OS. The van der Waals surface area contributed by atoms with Gasteiger partial charge in [-0.2, -0.15) is 16.3 Å². The summed E-state index contributed by atoms with van der Waals surface area (Å²) in [5.74, 6) is 1.36. The Bertz CT molecular complexity index is 477.